The highest BCUT2D eigenvalue weighted by Gasteiger charge is 2.36. The first-order chi connectivity index (χ1) is 8.03. The highest BCUT2D eigenvalue weighted by Crippen LogP contribution is 2.46. The summed E-state index contributed by atoms with van der Waals surface area (Å²) < 4.78 is 13.8. The standard InChI is InChI=1S/C15H21FO/c1-11-6-7-13(16)12(10-11)14(17)15(2)8-4-3-5-9-15/h6-7,10,14,17H,3-5,8-9H2,1-2H3. The third-order valence-electron chi connectivity index (χ3n) is 4.10. The summed E-state index contributed by atoms with van der Waals surface area (Å²) in [5.74, 6) is -0.283. The Morgan fingerprint density at radius 1 is 1.24 bits per heavy atom. The highest BCUT2D eigenvalue weighted by atomic mass is 19.1. The molecule has 1 saturated carbocycles. The fraction of sp³-hybridized carbons (Fsp3) is 0.600. The molecule has 0 radical (unpaired) electrons. The first-order valence-corrected chi connectivity index (χ1v) is 6.47. The minimum absolute atomic E-state index is 0.160. The Balaban J connectivity index is 2.29. The molecule has 0 spiro atoms. The number of aliphatic hydroxyl groups excluding tert-OH is 1. The van der Waals surface area contributed by atoms with Crippen LogP contribution in [0.15, 0.2) is 18.2 Å². The molecule has 0 aliphatic heterocycles. The van der Waals surface area contributed by atoms with Crippen molar-refractivity contribution in [3.8, 4) is 0 Å². The van der Waals surface area contributed by atoms with Crippen LogP contribution in [0, 0.1) is 18.2 Å². The number of aryl methyl sites for hydroxylation is 1. The zero-order chi connectivity index (χ0) is 12.5. The van der Waals surface area contributed by atoms with Gasteiger partial charge in [-0.25, -0.2) is 4.39 Å². The van der Waals surface area contributed by atoms with Gasteiger partial charge in [-0.3, -0.25) is 0 Å². The van der Waals surface area contributed by atoms with Crippen molar-refractivity contribution in [2.45, 2.75) is 52.1 Å². The molecule has 2 heteroatoms. The molecule has 0 amide bonds. The minimum Gasteiger partial charge on any atom is -0.388 e. The van der Waals surface area contributed by atoms with Gasteiger partial charge in [0.05, 0.1) is 6.10 Å². The molecule has 0 heterocycles. The van der Waals surface area contributed by atoms with Crippen molar-refractivity contribution in [1.29, 1.82) is 0 Å². The van der Waals surface area contributed by atoms with Gasteiger partial charge in [0.1, 0.15) is 5.82 Å². The number of benzene rings is 1. The van der Waals surface area contributed by atoms with Crippen LogP contribution in [0.1, 0.15) is 56.3 Å². The predicted octanol–water partition coefficient (Wildman–Crippen LogP) is 4.14. The number of hydrogen-bond acceptors (Lipinski definition) is 1. The van der Waals surface area contributed by atoms with Gasteiger partial charge in [-0.1, -0.05) is 43.9 Å². The fourth-order valence-corrected chi connectivity index (χ4v) is 2.88. The minimum atomic E-state index is -0.678. The predicted molar refractivity (Wildman–Crippen MR) is 67.3 cm³/mol. The molecule has 1 fully saturated rings. The van der Waals surface area contributed by atoms with E-state index in [0.717, 1.165) is 31.2 Å². The maximum atomic E-state index is 13.8. The molecule has 1 N–H and O–H groups in total. The van der Waals surface area contributed by atoms with Gasteiger partial charge < -0.3 is 5.11 Å². The van der Waals surface area contributed by atoms with Gasteiger partial charge in [0.2, 0.25) is 0 Å². The van der Waals surface area contributed by atoms with Crippen LogP contribution in [0.4, 0.5) is 4.39 Å². The molecular formula is C15H21FO. The molecule has 1 atom stereocenters. The lowest BCUT2D eigenvalue weighted by molar-refractivity contribution is 0.00582. The normalized spacial score (nSPS) is 21.2. The van der Waals surface area contributed by atoms with Crippen molar-refractivity contribution in [1.82, 2.24) is 0 Å². The summed E-state index contributed by atoms with van der Waals surface area (Å²) in [6.07, 6.45) is 4.81. The molecule has 0 saturated heterocycles. The second kappa shape index (κ2) is 4.77. The van der Waals surface area contributed by atoms with Crippen LogP contribution in [0.3, 0.4) is 0 Å². The third kappa shape index (κ3) is 2.52. The van der Waals surface area contributed by atoms with Crippen LogP contribution in [0.5, 0.6) is 0 Å². The molecule has 94 valence electrons. The average molecular weight is 236 g/mol. The third-order valence-corrected chi connectivity index (χ3v) is 4.10. The Morgan fingerprint density at radius 2 is 1.88 bits per heavy atom. The van der Waals surface area contributed by atoms with Crippen molar-refractivity contribution in [3.05, 3.63) is 35.1 Å². The maximum Gasteiger partial charge on any atom is 0.129 e. The lowest BCUT2D eigenvalue weighted by atomic mass is 9.70. The molecule has 2 rings (SSSR count). The monoisotopic (exact) mass is 236 g/mol. The molecule has 1 aliphatic carbocycles. The van der Waals surface area contributed by atoms with Crippen molar-refractivity contribution in [3.63, 3.8) is 0 Å². The zero-order valence-electron chi connectivity index (χ0n) is 10.7. The van der Waals surface area contributed by atoms with Crippen LogP contribution >= 0.6 is 0 Å². The number of hydrogen-bond donors (Lipinski definition) is 1. The summed E-state index contributed by atoms with van der Waals surface area (Å²) in [6.45, 7) is 4.01. The maximum absolute atomic E-state index is 13.8. The number of rotatable bonds is 2. The Labute approximate surface area is 103 Å². The van der Waals surface area contributed by atoms with E-state index in [1.165, 1.54) is 12.5 Å². The van der Waals surface area contributed by atoms with Gasteiger partial charge in [-0.2, -0.15) is 0 Å². The van der Waals surface area contributed by atoms with Crippen molar-refractivity contribution >= 4 is 0 Å². The summed E-state index contributed by atoms with van der Waals surface area (Å²) in [6, 6.07) is 4.98. The first-order valence-electron chi connectivity index (χ1n) is 6.47. The smallest absolute Gasteiger partial charge is 0.129 e. The van der Waals surface area contributed by atoms with Crippen LogP contribution in [0.25, 0.3) is 0 Å². The van der Waals surface area contributed by atoms with Gasteiger partial charge in [0.25, 0.3) is 0 Å². The molecule has 1 unspecified atom stereocenters. The van der Waals surface area contributed by atoms with E-state index in [0.29, 0.717) is 5.56 Å². The van der Waals surface area contributed by atoms with E-state index in [4.69, 9.17) is 0 Å². The Morgan fingerprint density at radius 3 is 2.53 bits per heavy atom. The quantitative estimate of drug-likeness (QED) is 0.818. The summed E-state index contributed by atoms with van der Waals surface area (Å²) in [5.41, 5.74) is 1.31. The summed E-state index contributed by atoms with van der Waals surface area (Å²) >= 11 is 0. The molecule has 17 heavy (non-hydrogen) atoms. The Kier molecular flexibility index (Phi) is 3.53. The summed E-state index contributed by atoms with van der Waals surface area (Å²) in [7, 11) is 0. The van der Waals surface area contributed by atoms with E-state index >= 15 is 0 Å². The second-order valence-corrected chi connectivity index (χ2v) is 5.64. The number of halogens is 1. The van der Waals surface area contributed by atoms with Gasteiger partial charge in [-0.15, -0.1) is 0 Å². The largest absolute Gasteiger partial charge is 0.388 e. The van der Waals surface area contributed by atoms with Crippen LogP contribution < -0.4 is 0 Å². The van der Waals surface area contributed by atoms with E-state index in [2.05, 4.69) is 6.92 Å². The van der Waals surface area contributed by atoms with E-state index in [9.17, 15) is 9.50 Å². The molecule has 1 aliphatic rings. The molecule has 0 bridgehead atoms. The van der Waals surface area contributed by atoms with Crippen molar-refractivity contribution < 1.29 is 9.50 Å². The van der Waals surface area contributed by atoms with Gasteiger partial charge in [0, 0.05) is 5.56 Å². The molecule has 1 nitrogen and oxygen atoms in total. The van der Waals surface area contributed by atoms with E-state index in [1.54, 1.807) is 12.1 Å². The molecular weight excluding hydrogens is 215 g/mol. The van der Waals surface area contributed by atoms with E-state index < -0.39 is 6.10 Å². The van der Waals surface area contributed by atoms with Crippen LogP contribution in [0.2, 0.25) is 0 Å². The van der Waals surface area contributed by atoms with E-state index in [1.807, 2.05) is 6.92 Å². The van der Waals surface area contributed by atoms with Gasteiger partial charge >= 0.3 is 0 Å². The Bertz CT molecular complexity index is 394. The zero-order valence-corrected chi connectivity index (χ0v) is 10.7. The fourth-order valence-electron chi connectivity index (χ4n) is 2.88. The van der Waals surface area contributed by atoms with Gasteiger partial charge in [-0.05, 0) is 31.2 Å². The molecule has 1 aromatic rings. The lowest BCUT2D eigenvalue weighted by Gasteiger charge is -2.38. The number of aliphatic hydroxyl groups is 1. The van der Waals surface area contributed by atoms with Crippen molar-refractivity contribution in [2.75, 3.05) is 0 Å². The van der Waals surface area contributed by atoms with Crippen LogP contribution in [-0.2, 0) is 0 Å². The summed E-state index contributed by atoms with van der Waals surface area (Å²) in [4.78, 5) is 0. The average Bonchev–Trinajstić information content (AvgIpc) is 2.32. The molecule has 0 aromatic heterocycles. The lowest BCUT2D eigenvalue weighted by Crippen LogP contribution is -2.28. The second-order valence-electron chi connectivity index (χ2n) is 5.64. The Hall–Kier alpha value is -0.890. The highest BCUT2D eigenvalue weighted by molar-refractivity contribution is 5.27. The summed E-state index contributed by atoms with van der Waals surface area (Å²) in [5, 5.41) is 10.5. The van der Waals surface area contributed by atoms with Gasteiger partial charge in [0.15, 0.2) is 0 Å². The molecule has 1 aromatic carbocycles. The van der Waals surface area contributed by atoms with Crippen LogP contribution in [-0.4, -0.2) is 5.11 Å². The SMILES string of the molecule is Cc1ccc(F)c(C(O)C2(C)CCCCC2)c1. The van der Waals surface area contributed by atoms with E-state index in [-0.39, 0.29) is 11.2 Å². The topological polar surface area (TPSA) is 20.2 Å². The van der Waals surface area contributed by atoms with Crippen molar-refractivity contribution in [2.24, 2.45) is 5.41 Å². The first kappa shape index (κ1) is 12.6.